The summed E-state index contributed by atoms with van der Waals surface area (Å²) in [4.78, 5) is 11.3. The van der Waals surface area contributed by atoms with Crippen LogP contribution >= 0.6 is 46.4 Å². The van der Waals surface area contributed by atoms with Crippen LogP contribution in [-0.4, -0.2) is 28.4 Å². The van der Waals surface area contributed by atoms with Gasteiger partial charge in [-0.1, -0.05) is 46.4 Å². The Kier molecular flexibility index (Phi) is 5.91. The molecule has 0 aromatic carbocycles. The third-order valence-electron chi connectivity index (χ3n) is 2.19. The number of hydrogen-bond donors (Lipinski definition) is 2. The molecule has 0 aromatic rings. The molecule has 2 unspecified atom stereocenters. The van der Waals surface area contributed by atoms with Crippen molar-refractivity contribution in [3.63, 3.8) is 0 Å². The topological polar surface area (TPSA) is 50.4 Å². The summed E-state index contributed by atoms with van der Waals surface area (Å²) in [6.07, 6.45) is 1.77. The van der Waals surface area contributed by atoms with Crippen LogP contribution < -0.4 is 10.9 Å². The van der Waals surface area contributed by atoms with E-state index >= 15 is 0 Å². The summed E-state index contributed by atoms with van der Waals surface area (Å²) in [7, 11) is 0. The quantitative estimate of drug-likeness (QED) is 0.605. The molecule has 0 aliphatic carbocycles. The Morgan fingerprint density at radius 2 is 2.06 bits per heavy atom. The number of ether oxygens (including phenoxy) is 1. The van der Waals surface area contributed by atoms with Gasteiger partial charge in [0.1, 0.15) is 0 Å². The Bertz CT molecular complexity index is 239. The molecule has 8 heteroatoms. The van der Waals surface area contributed by atoms with Crippen LogP contribution in [0.15, 0.2) is 0 Å². The number of carbonyl (C=O) groups excluding carboxylic acids is 1. The van der Waals surface area contributed by atoms with Crippen LogP contribution in [0.2, 0.25) is 0 Å². The van der Waals surface area contributed by atoms with Gasteiger partial charge < -0.3 is 4.74 Å². The first-order valence-corrected chi connectivity index (χ1v) is 6.36. The lowest BCUT2D eigenvalue weighted by Gasteiger charge is -2.22. The first-order valence-electron chi connectivity index (χ1n) is 4.79. The molecule has 2 N–H and O–H groups in total. The number of rotatable bonds is 2. The summed E-state index contributed by atoms with van der Waals surface area (Å²) in [6, 6.07) is 0. The monoisotopic (exact) mass is 308 g/mol. The summed E-state index contributed by atoms with van der Waals surface area (Å²) in [6.45, 7) is 1.44. The highest BCUT2D eigenvalue weighted by atomic mass is 35.6. The Labute approximate surface area is 114 Å². The second-order valence-electron chi connectivity index (χ2n) is 3.46. The molecule has 0 radical (unpaired) electrons. The number of nitrogens with one attached hydrogen (secondary N) is 2. The molecule has 1 saturated heterocycles. The highest BCUT2D eigenvalue weighted by Crippen LogP contribution is 2.30. The largest absolute Gasteiger partial charge is 0.442 e. The zero-order valence-electron chi connectivity index (χ0n) is 8.31. The molecular formula is C8H12Cl4N2O2. The minimum absolute atomic E-state index is 0.00651. The van der Waals surface area contributed by atoms with Crippen molar-refractivity contribution in [3.8, 4) is 0 Å². The molecule has 1 rings (SSSR count). The highest BCUT2D eigenvalue weighted by molar-refractivity contribution is 6.75. The average molecular weight is 310 g/mol. The van der Waals surface area contributed by atoms with Crippen molar-refractivity contribution in [2.75, 3.05) is 13.1 Å². The van der Waals surface area contributed by atoms with Crippen LogP contribution in [0.25, 0.3) is 0 Å². The van der Waals surface area contributed by atoms with Gasteiger partial charge >= 0.3 is 5.97 Å². The number of hydrazine groups is 1. The van der Waals surface area contributed by atoms with Gasteiger partial charge in [-0.15, -0.1) is 0 Å². The van der Waals surface area contributed by atoms with E-state index in [2.05, 4.69) is 10.9 Å². The summed E-state index contributed by atoms with van der Waals surface area (Å²) < 4.78 is 2.79. The first-order chi connectivity index (χ1) is 7.41. The second kappa shape index (κ2) is 6.47. The fraction of sp³-hybridized carbons (Fsp3) is 0.875. The standard InChI is InChI=1S/C8H12Cl4N2O2/c9-6(16-7(15)8(10,11)12)5-2-1-3-13-14-4-5/h5-6,13-14H,1-4H2. The van der Waals surface area contributed by atoms with Gasteiger partial charge in [0.15, 0.2) is 5.56 Å². The summed E-state index contributed by atoms with van der Waals surface area (Å²) >= 11 is 22.1. The summed E-state index contributed by atoms with van der Waals surface area (Å²) in [5.74, 6) is -0.956. The van der Waals surface area contributed by atoms with E-state index in [9.17, 15) is 4.79 Å². The van der Waals surface area contributed by atoms with Crippen molar-refractivity contribution in [1.29, 1.82) is 0 Å². The number of halogens is 4. The lowest BCUT2D eigenvalue weighted by Crippen LogP contribution is -2.37. The molecule has 2 atom stereocenters. The van der Waals surface area contributed by atoms with Gasteiger partial charge in [-0.25, -0.2) is 4.79 Å². The Hall–Kier alpha value is 0.550. The lowest BCUT2D eigenvalue weighted by atomic mass is 10.1. The average Bonchev–Trinajstić information content (AvgIpc) is 2.43. The number of esters is 1. The predicted octanol–water partition coefficient (Wildman–Crippen LogP) is 1.97. The molecule has 16 heavy (non-hydrogen) atoms. The van der Waals surface area contributed by atoms with E-state index in [4.69, 9.17) is 51.1 Å². The van der Waals surface area contributed by atoms with E-state index in [0.717, 1.165) is 19.4 Å². The molecule has 0 amide bonds. The molecule has 0 spiro atoms. The minimum Gasteiger partial charge on any atom is -0.442 e. The molecule has 0 aromatic heterocycles. The van der Waals surface area contributed by atoms with E-state index in [0.29, 0.717) is 6.54 Å². The maximum absolute atomic E-state index is 11.3. The number of hydrogen-bond acceptors (Lipinski definition) is 4. The van der Waals surface area contributed by atoms with E-state index in [1.165, 1.54) is 0 Å². The maximum Gasteiger partial charge on any atom is 0.360 e. The van der Waals surface area contributed by atoms with Gasteiger partial charge in [-0.05, 0) is 12.8 Å². The van der Waals surface area contributed by atoms with Crippen LogP contribution in [0.5, 0.6) is 0 Å². The van der Waals surface area contributed by atoms with Crippen molar-refractivity contribution in [2.45, 2.75) is 22.2 Å². The fourth-order valence-corrected chi connectivity index (χ4v) is 1.76. The number of carbonyl (C=O) groups is 1. The van der Waals surface area contributed by atoms with Crippen LogP contribution in [0, 0.1) is 5.92 Å². The van der Waals surface area contributed by atoms with Crippen LogP contribution in [0.4, 0.5) is 0 Å². The maximum atomic E-state index is 11.3. The SMILES string of the molecule is O=C(OC(Cl)C1CCCNNC1)C(Cl)(Cl)Cl. The smallest absolute Gasteiger partial charge is 0.360 e. The van der Waals surface area contributed by atoms with E-state index in [-0.39, 0.29) is 5.92 Å². The van der Waals surface area contributed by atoms with Crippen molar-refractivity contribution in [3.05, 3.63) is 0 Å². The molecular weight excluding hydrogens is 298 g/mol. The molecule has 1 fully saturated rings. The van der Waals surface area contributed by atoms with Crippen molar-refractivity contribution < 1.29 is 9.53 Å². The Morgan fingerprint density at radius 3 is 2.69 bits per heavy atom. The van der Waals surface area contributed by atoms with Crippen molar-refractivity contribution in [2.24, 2.45) is 5.92 Å². The van der Waals surface area contributed by atoms with Gasteiger partial charge in [-0.3, -0.25) is 10.9 Å². The normalized spacial score (nSPS) is 24.6. The lowest BCUT2D eigenvalue weighted by molar-refractivity contribution is -0.146. The zero-order valence-corrected chi connectivity index (χ0v) is 11.3. The van der Waals surface area contributed by atoms with Gasteiger partial charge in [-0.2, -0.15) is 0 Å². The fourth-order valence-electron chi connectivity index (χ4n) is 1.34. The van der Waals surface area contributed by atoms with Crippen LogP contribution in [0.3, 0.4) is 0 Å². The molecule has 4 nitrogen and oxygen atoms in total. The van der Waals surface area contributed by atoms with Crippen LogP contribution in [0.1, 0.15) is 12.8 Å². The second-order valence-corrected chi connectivity index (χ2v) is 6.18. The Balaban J connectivity index is 2.44. The third kappa shape index (κ3) is 4.82. The molecule has 0 saturated carbocycles. The summed E-state index contributed by atoms with van der Waals surface area (Å²) in [5.41, 5.74) is 5.16. The Morgan fingerprint density at radius 1 is 1.38 bits per heavy atom. The minimum atomic E-state index is -2.08. The summed E-state index contributed by atoms with van der Waals surface area (Å²) in [5, 5.41) is 0. The highest BCUT2D eigenvalue weighted by Gasteiger charge is 2.36. The molecule has 94 valence electrons. The van der Waals surface area contributed by atoms with Crippen molar-refractivity contribution in [1.82, 2.24) is 10.9 Å². The van der Waals surface area contributed by atoms with Gasteiger partial charge in [0.2, 0.25) is 0 Å². The third-order valence-corrected chi connectivity index (χ3v) is 3.10. The van der Waals surface area contributed by atoms with E-state index in [1.54, 1.807) is 0 Å². The predicted molar refractivity (Wildman–Crippen MR) is 64.8 cm³/mol. The van der Waals surface area contributed by atoms with E-state index in [1.807, 2.05) is 0 Å². The molecule has 1 aliphatic heterocycles. The molecule has 1 aliphatic rings. The van der Waals surface area contributed by atoms with Crippen molar-refractivity contribution >= 4 is 52.4 Å². The van der Waals surface area contributed by atoms with Gasteiger partial charge in [0.25, 0.3) is 3.79 Å². The van der Waals surface area contributed by atoms with Gasteiger partial charge in [0, 0.05) is 19.0 Å². The molecule has 0 bridgehead atoms. The first kappa shape index (κ1) is 14.6. The van der Waals surface area contributed by atoms with Gasteiger partial charge in [0.05, 0.1) is 0 Å². The molecule has 1 heterocycles. The zero-order chi connectivity index (χ0) is 12.2. The number of alkyl halides is 4. The van der Waals surface area contributed by atoms with Crippen LogP contribution in [-0.2, 0) is 9.53 Å². The van der Waals surface area contributed by atoms with E-state index < -0.39 is 15.3 Å².